The Balaban J connectivity index is 1.71. The minimum absolute atomic E-state index is 0.103. The van der Waals surface area contributed by atoms with Crippen LogP contribution in [0, 0.1) is 23.6 Å². The highest BCUT2D eigenvalue weighted by Crippen LogP contribution is 2.48. The molecule has 0 spiro atoms. The van der Waals surface area contributed by atoms with Crippen molar-refractivity contribution in [1.29, 1.82) is 0 Å². The van der Waals surface area contributed by atoms with E-state index in [4.69, 9.17) is 0 Å². The van der Waals surface area contributed by atoms with Crippen LogP contribution in [0.4, 0.5) is 10.1 Å². The summed E-state index contributed by atoms with van der Waals surface area (Å²) >= 11 is 0. The third-order valence-corrected chi connectivity index (χ3v) is 5.02. The SMILES string of the molecule is CN(CC1CC2CCC1C2)c1ccc(F)cc1CO. The Kier molecular flexibility index (Phi) is 3.48. The summed E-state index contributed by atoms with van der Waals surface area (Å²) in [6, 6.07) is 4.70. The maximum absolute atomic E-state index is 13.2. The standard InChI is InChI=1S/C16H22FNO/c1-18(9-13-7-11-2-3-12(13)6-11)16-5-4-15(17)8-14(16)10-19/h4-5,8,11-13,19H,2-3,6-7,9-10H2,1H3. The summed E-state index contributed by atoms with van der Waals surface area (Å²) in [7, 11) is 2.05. The first-order valence-corrected chi connectivity index (χ1v) is 7.27. The van der Waals surface area contributed by atoms with Crippen LogP contribution < -0.4 is 4.90 Å². The molecule has 0 amide bonds. The quantitative estimate of drug-likeness (QED) is 0.901. The summed E-state index contributed by atoms with van der Waals surface area (Å²) in [5.41, 5.74) is 1.65. The Morgan fingerprint density at radius 2 is 2.16 bits per heavy atom. The molecule has 2 fully saturated rings. The van der Waals surface area contributed by atoms with Crippen LogP contribution in [-0.2, 0) is 6.61 Å². The van der Waals surface area contributed by atoms with Gasteiger partial charge in [0, 0.05) is 24.8 Å². The molecule has 104 valence electrons. The molecule has 2 saturated carbocycles. The van der Waals surface area contributed by atoms with E-state index in [1.165, 1.54) is 37.8 Å². The molecule has 0 saturated heterocycles. The first-order chi connectivity index (χ1) is 9.17. The van der Waals surface area contributed by atoms with Crippen molar-refractivity contribution in [3.63, 3.8) is 0 Å². The first-order valence-electron chi connectivity index (χ1n) is 7.27. The van der Waals surface area contributed by atoms with E-state index in [1.807, 2.05) is 0 Å². The van der Waals surface area contributed by atoms with E-state index in [0.717, 1.165) is 30.0 Å². The molecule has 3 rings (SSSR count). The molecular weight excluding hydrogens is 241 g/mol. The predicted molar refractivity (Wildman–Crippen MR) is 74.5 cm³/mol. The lowest BCUT2D eigenvalue weighted by Gasteiger charge is -2.29. The van der Waals surface area contributed by atoms with Gasteiger partial charge in [-0.2, -0.15) is 0 Å². The molecule has 2 bridgehead atoms. The Bertz CT molecular complexity index is 462. The topological polar surface area (TPSA) is 23.5 Å². The van der Waals surface area contributed by atoms with Crippen molar-refractivity contribution in [2.75, 3.05) is 18.5 Å². The zero-order chi connectivity index (χ0) is 13.4. The lowest BCUT2D eigenvalue weighted by Crippen LogP contribution is -2.29. The van der Waals surface area contributed by atoms with Crippen molar-refractivity contribution in [3.8, 4) is 0 Å². The molecule has 0 heterocycles. The average Bonchev–Trinajstić information content (AvgIpc) is 3.00. The fraction of sp³-hybridized carbons (Fsp3) is 0.625. The highest BCUT2D eigenvalue weighted by molar-refractivity contribution is 5.53. The third kappa shape index (κ3) is 2.48. The maximum Gasteiger partial charge on any atom is 0.123 e. The minimum Gasteiger partial charge on any atom is -0.392 e. The van der Waals surface area contributed by atoms with Gasteiger partial charge < -0.3 is 10.0 Å². The number of rotatable bonds is 4. The highest BCUT2D eigenvalue weighted by Gasteiger charge is 2.39. The smallest absolute Gasteiger partial charge is 0.123 e. The molecular formula is C16H22FNO. The molecule has 19 heavy (non-hydrogen) atoms. The molecule has 3 heteroatoms. The first kappa shape index (κ1) is 12.9. The Morgan fingerprint density at radius 3 is 2.79 bits per heavy atom. The third-order valence-electron chi connectivity index (χ3n) is 5.02. The molecule has 2 aliphatic rings. The molecule has 1 aromatic carbocycles. The van der Waals surface area contributed by atoms with Crippen LogP contribution in [0.3, 0.4) is 0 Å². The summed E-state index contributed by atoms with van der Waals surface area (Å²) in [6.07, 6.45) is 5.57. The van der Waals surface area contributed by atoms with Gasteiger partial charge in [0.2, 0.25) is 0 Å². The van der Waals surface area contributed by atoms with Gasteiger partial charge in [0.05, 0.1) is 6.61 Å². The van der Waals surface area contributed by atoms with E-state index in [9.17, 15) is 9.50 Å². The summed E-state index contributed by atoms with van der Waals surface area (Å²) < 4.78 is 13.2. The van der Waals surface area contributed by atoms with Crippen LogP contribution in [0.2, 0.25) is 0 Å². The zero-order valence-electron chi connectivity index (χ0n) is 11.5. The van der Waals surface area contributed by atoms with Crippen LogP contribution in [0.1, 0.15) is 31.2 Å². The molecule has 0 aromatic heterocycles. The molecule has 0 radical (unpaired) electrons. The maximum atomic E-state index is 13.2. The molecule has 1 aromatic rings. The summed E-state index contributed by atoms with van der Waals surface area (Å²) in [5.74, 6) is 2.35. The second-order valence-electron chi connectivity index (χ2n) is 6.25. The largest absolute Gasteiger partial charge is 0.392 e. The second kappa shape index (κ2) is 5.12. The number of halogens is 1. The predicted octanol–water partition coefficient (Wildman–Crippen LogP) is 3.19. The van der Waals surface area contributed by atoms with E-state index in [2.05, 4.69) is 11.9 Å². The molecule has 2 nitrogen and oxygen atoms in total. The highest BCUT2D eigenvalue weighted by atomic mass is 19.1. The van der Waals surface area contributed by atoms with Gasteiger partial charge in [-0.05, 0) is 55.2 Å². The number of fused-ring (bicyclic) bond motifs is 2. The molecule has 3 unspecified atom stereocenters. The van der Waals surface area contributed by atoms with Crippen molar-refractivity contribution in [2.24, 2.45) is 17.8 Å². The number of benzene rings is 1. The van der Waals surface area contributed by atoms with E-state index in [-0.39, 0.29) is 12.4 Å². The fourth-order valence-corrected chi connectivity index (χ4v) is 4.10. The fourth-order valence-electron chi connectivity index (χ4n) is 4.10. The molecule has 1 N–H and O–H groups in total. The summed E-state index contributed by atoms with van der Waals surface area (Å²) in [5, 5.41) is 9.36. The summed E-state index contributed by atoms with van der Waals surface area (Å²) in [6.45, 7) is 0.925. The Morgan fingerprint density at radius 1 is 1.32 bits per heavy atom. The van der Waals surface area contributed by atoms with Crippen LogP contribution in [-0.4, -0.2) is 18.7 Å². The Labute approximate surface area is 114 Å². The van der Waals surface area contributed by atoms with E-state index < -0.39 is 0 Å². The number of nitrogens with zero attached hydrogens (tertiary/aromatic N) is 1. The van der Waals surface area contributed by atoms with Crippen molar-refractivity contribution in [3.05, 3.63) is 29.6 Å². The summed E-state index contributed by atoms with van der Waals surface area (Å²) in [4.78, 5) is 2.19. The number of aliphatic hydroxyl groups is 1. The number of hydrogen-bond donors (Lipinski definition) is 1. The van der Waals surface area contributed by atoms with Crippen LogP contribution in [0.15, 0.2) is 18.2 Å². The molecule has 2 aliphatic carbocycles. The number of aliphatic hydroxyl groups excluding tert-OH is 1. The van der Waals surface area contributed by atoms with Gasteiger partial charge in [-0.25, -0.2) is 4.39 Å². The van der Waals surface area contributed by atoms with E-state index in [1.54, 1.807) is 6.07 Å². The van der Waals surface area contributed by atoms with Crippen molar-refractivity contribution < 1.29 is 9.50 Å². The van der Waals surface area contributed by atoms with Crippen molar-refractivity contribution >= 4 is 5.69 Å². The van der Waals surface area contributed by atoms with Crippen LogP contribution in [0.5, 0.6) is 0 Å². The van der Waals surface area contributed by atoms with E-state index in [0.29, 0.717) is 5.56 Å². The second-order valence-corrected chi connectivity index (χ2v) is 6.25. The van der Waals surface area contributed by atoms with Gasteiger partial charge in [-0.15, -0.1) is 0 Å². The Hall–Kier alpha value is -1.09. The van der Waals surface area contributed by atoms with Gasteiger partial charge in [0.15, 0.2) is 0 Å². The zero-order valence-corrected chi connectivity index (χ0v) is 11.5. The molecule has 0 aliphatic heterocycles. The lowest BCUT2D eigenvalue weighted by atomic mass is 9.88. The van der Waals surface area contributed by atoms with Gasteiger partial charge in [-0.1, -0.05) is 6.42 Å². The van der Waals surface area contributed by atoms with E-state index >= 15 is 0 Å². The monoisotopic (exact) mass is 263 g/mol. The van der Waals surface area contributed by atoms with Crippen molar-refractivity contribution in [1.82, 2.24) is 0 Å². The molecule has 3 atom stereocenters. The minimum atomic E-state index is -0.277. The van der Waals surface area contributed by atoms with Gasteiger partial charge in [0.25, 0.3) is 0 Å². The van der Waals surface area contributed by atoms with Crippen molar-refractivity contribution in [2.45, 2.75) is 32.3 Å². The van der Waals surface area contributed by atoms with Gasteiger partial charge in [-0.3, -0.25) is 0 Å². The van der Waals surface area contributed by atoms with Crippen LogP contribution in [0.25, 0.3) is 0 Å². The number of anilines is 1. The van der Waals surface area contributed by atoms with Crippen LogP contribution >= 0.6 is 0 Å². The van der Waals surface area contributed by atoms with Gasteiger partial charge >= 0.3 is 0 Å². The average molecular weight is 263 g/mol. The van der Waals surface area contributed by atoms with Gasteiger partial charge in [0.1, 0.15) is 5.82 Å². The lowest BCUT2D eigenvalue weighted by molar-refractivity contribution is 0.281. The number of hydrogen-bond acceptors (Lipinski definition) is 2. The normalized spacial score (nSPS) is 28.9.